The van der Waals surface area contributed by atoms with E-state index < -0.39 is 0 Å². The molecule has 0 aromatic carbocycles. The summed E-state index contributed by atoms with van der Waals surface area (Å²) in [5.74, 6) is -0.127. The molecule has 0 fully saturated rings. The highest BCUT2D eigenvalue weighted by Crippen LogP contribution is 2.33. The van der Waals surface area contributed by atoms with E-state index in [2.05, 4.69) is 6.92 Å². The van der Waals surface area contributed by atoms with Crippen LogP contribution in [-0.4, -0.2) is 18.4 Å². The van der Waals surface area contributed by atoms with E-state index in [0.717, 1.165) is 18.4 Å². The SMILES string of the molecule is CCC[C@@H]1CC(=O)C=C(C)[C@H]1C(=O)OCC. The predicted octanol–water partition coefficient (Wildman–Crippen LogP) is 2.50. The molecule has 3 heteroatoms. The lowest BCUT2D eigenvalue weighted by Crippen LogP contribution is -2.31. The lowest BCUT2D eigenvalue weighted by molar-refractivity contribution is -0.149. The molecule has 90 valence electrons. The molecule has 0 N–H and O–H groups in total. The highest BCUT2D eigenvalue weighted by molar-refractivity contribution is 5.94. The Morgan fingerprint density at radius 1 is 1.50 bits per heavy atom. The maximum absolute atomic E-state index is 11.8. The Hall–Kier alpha value is -1.12. The summed E-state index contributed by atoms with van der Waals surface area (Å²) in [6.07, 6.45) is 3.96. The van der Waals surface area contributed by atoms with Crippen molar-refractivity contribution in [2.75, 3.05) is 6.61 Å². The van der Waals surface area contributed by atoms with E-state index >= 15 is 0 Å². The molecule has 0 bridgehead atoms. The number of hydrogen-bond acceptors (Lipinski definition) is 3. The molecule has 0 amide bonds. The molecule has 0 aromatic rings. The van der Waals surface area contributed by atoms with Gasteiger partial charge in [-0.1, -0.05) is 18.9 Å². The van der Waals surface area contributed by atoms with Crippen molar-refractivity contribution < 1.29 is 14.3 Å². The molecule has 1 aliphatic carbocycles. The summed E-state index contributed by atoms with van der Waals surface area (Å²) in [4.78, 5) is 23.3. The van der Waals surface area contributed by atoms with Crippen LogP contribution in [0.5, 0.6) is 0 Å². The van der Waals surface area contributed by atoms with Gasteiger partial charge in [0.2, 0.25) is 0 Å². The fourth-order valence-electron chi connectivity index (χ4n) is 2.40. The Balaban J connectivity index is 2.85. The van der Waals surface area contributed by atoms with Crippen LogP contribution in [0.1, 0.15) is 40.0 Å². The molecule has 2 atom stereocenters. The average Bonchev–Trinajstić information content (AvgIpc) is 2.17. The molecule has 0 radical (unpaired) electrons. The van der Waals surface area contributed by atoms with Gasteiger partial charge in [-0.3, -0.25) is 9.59 Å². The van der Waals surface area contributed by atoms with Gasteiger partial charge in [0.1, 0.15) is 0 Å². The topological polar surface area (TPSA) is 43.4 Å². The largest absolute Gasteiger partial charge is 0.466 e. The monoisotopic (exact) mass is 224 g/mol. The fraction of sp³-hybridized carbons (Fsp3) is 0.692. The van der Waals surface area contributed by atoms with E-state index in [1.54, 1.807) is 13.0 Å². The van der Waals surface area contributed by atoms with Gasteiger partial charge in [-0.15, -0.1) is 0 Å². The summed E-state index contributed by atoms with van der Waals surface area (Å²) in [6.45, 7) is 6.12. The van der Waals surface area contributed by atoms with Crippen molar-refractivity contribution >= 4 is 11.8 Å². The van der Waals surface area contributed by atoms with Crippen LogP contribution in [0.2, 0.25) is 0 Å². The van der Waals surface area contributed by atoms with Crippen molar-refractivity contribution in [2.45, 2.75) is 40.0 Å². The Morgan fingerprint density at radius 2 is 2.19 bits per heavy atom. The number of carbonyl (C=O) groups excluding carboxylic acids is 2. The summed E-state index contributed by atoms with van der Waals surface area (Å²) in [6, 6.07) is 0. The molecule has 0 saturated heterocycles. The normalized spacial score (nSPS) is 25.2. The molecule has 0 spiro atoms. The number of carbonyl (C=O) groups is 2. The highest BCUT2D eigenvalue weighted by Gasteiger charge is 2.34. The number of hydrogen-bond donors (Lipinski definition) is 0. The molecule has 0 unspecified atom stereocenters. The van der Waals surface area contributed by atoms with Gasteiger partial charge >= 0.3 is 5.97 Å². The Morgan fingerprint density at radius 3 is 2.75 bits per heavy atom. The quantitative estimate of drug-likeness (QED) is 0.689. The Labute approximate surface area is 96.9 Å². The highest BCUT2D eigenvalue weighted by atomic mass is 16.5. The molecule has 1 aliphatic rings. The van der Waals surface area contributed by atoms with Gasteiger partial charge in [0.15, 0.2) is 5.78 Å². The zero-order valence-electron chi connectivity index (χ0n) is 10.3. The summed E-state index contributed by atoms with van der Waals surface area (Å²) in [5.41, 5.74) is 0.855. The lowest BCUT2D eigenvalue weighted by Gasteiger charge is -2.28. The Kier molecular flexibility index (Phi) is 4.71. The molecular weight excluding hydrogens is 204 g/mol. The van der Waals surface area contributed by atoms with Crippen LogP contribution < -0.4 is 0 Å². The average molecular weight is 224 g/mol. The van der Waals surface area contributed by atoms with Crippen LogP contribution in [0.25, 0.3) is 0 Å². The molecule has 3 nitrogen and oxygen atoms in total. The van der Waals surface area contributed by atoms with Crippen molar-refractivity contribution in [3.8, 4) is 0 Å². The molecular formula is C13H20O3. The van der Waals surface area contributed by atoms with Gasteiger partial charge in [0, 0.05) is 6.42 Å². The first-order valence-corrected chi connectivity index (χ1v) is 5.97. The van der Waals surface area contributed by atoms with Crippen molar-refractivity contribution in [3.05, 3.63) is 11.6 Å². The molecule has 0 aromatic heterocycles. The standard InChI is InChI=1S/C13H20O3/c1-4-6-10-8-11(14)7-9(3)12(10)13(15)16-5-2/h7,10,12H,4-6,8H2,1-3H3/t10-,12-/m1/s1. The van der Waals surface area contributed by atoms with Crippen LogP contribution in [0, 0.1) is 11.8 Å². The summed E-state index contributed by atoms with van der Waals surface area (Å²) >= 11 is 0. The third-order valence-corrected chi connectivity index (χ3v) is 3.01. The van der Waals surface area contributed by atoms with Gasteiger partial charge < -0.3 is 4.74 Å². The first-order chi connectivity index (χ1) is 7.60. The summed E-state index contributed by atoms with van der Waals surface area (Å²) in [7, 11) is 0. The van der Waals surface area contributed by atoms with Gasteiger partial charge in [-0.2, -0.15) is 0 Å². The Bertz CT molecular complexity index is 304. The van der Waals surface area contributed by atoms with Crippen molar-refractivity contribution in [2.24, 2.45) is 11.8 Å². The van der Waals surface area contributed by atoms with E-state index in [0.29, 0.717) is 13.0 Å². The van der Waals surface area contributed by atoms with Crippen LogP contribution >= 0.6 is 0 Å². The van der Waals surface area contributed by atoms with Crippen molar-refractivity contribution in [3.63, 3.8) is 0 Å². The molecule has 1 rings (SSSR count). The lowest BCUT2D eigenvalue weighted by atomic mass is 9.76. The molecule has 0 aliphatic heterocycles. The number of esters is 1. The van der Waals surface area contributed by atoms with Gasteiger partial charge in [-0.25, -0.2) is 0 Å². The first kappa shape index (κ1) is 12.9. The fourth-order valence-corrected chi connectivity index (χ4v) is 2.40. The van der Waals surface area contributed by atoms with Crippen LogP contribution in [0.15, 0.2) is 11.6 Å². The van der Waals surface area contributed by atoms with Gasteiger partial charge in [0.05, 0.1) is 12.5 Å². The summed E-state index contributed by atoms with van der Waals surface area (Å²) < 4.78 is 5.07. The smallest absolute Gasteiger partial charge is 0.313 e. The second kappa shape index (κ2) is 5.83. The van der Waals surface area contributed by atoms with E-state index in [4.69, 9.17) is 4.74 Å². The van der Waals surface area contributed by atoms with Gasteiger partial charge in [-0.05, 0) is 32.3 Å². The van der Waals surface area contributed by atoms with Gasteiger partial charge in [0.25, 0.3) is 0 Å². The number of rotatable bonds is 4. The zero-order chi connectivity index (χ0) is 12.1. The van der Waals surface area contributed by atoms with Crippen LogP contribution in [0.4, 0.5) is 0 Å². The maximum atomic E-state index is 11.8. The minimum atomic E-state index is -0.211. The van der Waals surface area contributed by atoms with E-state index in [-0.39, 0.29) is 23.6 Å². The second-order valence-electron chi connectivity index (χ2n) is 4.34. The molecule has 0 saturated carbocycles. The van der Waals surface area contributed by atoms with E-state index in [1.807, 2.05) is 6.92 Å². The minimum Gasteiger partial charge on any atom is -0.466 e. The third-order valence-electron chi connectivity index (χ3n) is 3.01. The van der Waals surface area contributed by atoms with Crippen LogP contribution in [-0.2, 0) is 14.3 Å². The third kappa shape index (κ3) is 2.94. The second-order valence-corrected chi connectivity index (χ2v) is 4.34. The van der Waals surface area contributed by atoms with Crippen LogP contribution in [0.3, 0.4) is 0 Å². The van der Waals surface area contributed by atoms with E-state index in [1.165, 1.54) is 0 Å². The maximum Gasteiger partial charge on any atom is 0.313 e. The molecule has 16 heavy (non-hydrogen) atoms. The van der Waals surface area contributed by atoms with E-state index in [9.17, 15) is 9.59 Å². The number of ether oxygens (including phenoxy) is 1. The van der Waals surface area contributed by atoms with Crippen molar-refractivity contribution in [1.82, 2.24) is 0 Å². The molecule has 0 heterocycles. The number of allylic oxidation sites excluding steroid dienone is 1. The first-order valence-electron chi connectivity index (χ1n) is 5.97. The summed E-state index contributed by atoms with van der Waals surface area (Å²) in [5, 5.41) is 0. The number of ketones is 1. The predicted molar refractivity (Wildman–Crippen MR) is 61.9 cm³/mol. The van der Waals surface area contributed by atoms with Crippen molar-refractivity contribution in [1.29, 1.82) is 0 Å². The zero-order valence-corrected chi connectivity index (χ0v) is 10.3. The minimum absolute atomic E-state index is 0.126.